The zero-order valence-corrected chi connectivity index (χ0v) is 21.2. The maximum atomic E-state index is 12.6. The Hall–Kier alpha value is -4.23. The minimum atomic E-state index is -0.161. The van der Waals surface area contributed by atoms with E-state index in [4.69, 9.17) is 0 Å². The van der Waals surface area contributed by atoms with Crippen LogP contribution in [0.25, 0.3) is 0 Å². The highest BCUT2D eigenvalue weighted by Gasteiger charge is 2.17. The quantitative estimate of drug-likeness (QED) is 0.207. The topological polar surface area (TPSA) is 92.4 Å². The van der Waals surface area contributed by atoms with Crippen molar-refractivity contribution in [1.29, 1.82) is 0 Å². The van der Waals surface area contributed by atoms with Crippen molar-refractivity contribution in [3.8, 4) is 0 Å². The highest BCUT2D eigenvalue weighted by molar-refractivity contribution is 6.06. The summed E-state index contributed by atoms with van der Waals surface area (Å²) in [6.07, 6.45) is 3.34. The number of carbonyl (C=O) groups excluding carboxylic acids is 1. The first-order valence-corrected chi connectivity index (χ1v) is 12.7. The fraction of sp³-hybridized carbons (Fsp3) is 0.233. The number of nitrogens with zero attached hydrogens (tertiary/aromatic N) is 1. The lowest BCUT2D eigenvalue weighted by molar-refractivity contribution is 0.102. The Labute approximate surface area is 217 Å². The molecule has 0 atom stereocenters. The minimum Gasteiger partial charge on any atom is -0.393 e. The van der Waals surface area contributed by atoms with Gasteiger partial charge in [0.15, 0.2) is 0 Å². The van der Waals surface area contributed by atoms with Gasteiger partial charge in [-0.25, -0.2) is 0 Å². The lowest BCUT2D eigenvalue weighted by Crippen LogP contribution is -2.35. The molecule has 1 amide bonds. The van der Waals surface area contributed by atoms with E-state index in [2.05, 4.69) is 50.1 Å². The van der Waals surface area contributed by atoms with E-state index in [1.54, 1.807) is 0 Å². The van der Waals surface area contributed by atoms with E-state index >= 15 is 0 Å². The van der Waals surface area contributed by atoms with Gasteiger partial charge in [-0.2, -0.15) is 0 Å². The van der Waals surface area contributed by atoms with Crippen LogP contribution in [0, 0.1) is 13.8 Å². The standard InChI is InChI=1S/C30H33N5O2/c1-20-19-31-21(2)29(20)30(37)34-26-9-7-24(8-10-26)32-22-3-5-23(6-4-22)33-25-11-13-27(14-12-25)35-17-15-28(36)16-18-35/h3-14,19,28,31-33,36H,15-18H2,1-2H3,(H,34,37). The number of piperidine rings is 1. The number of aryl methyl sites for hydroxylation is 2. The van der Waals surface area contributed by atoms with Crippen molar-refractivity contribution in [3.63, 3.8) is 0 Å². The number of nitrogens with one attached hydrogen (secondary N) is 4. The molecule has 0 unspecified atom stereocenters. The molecule has 190 valence electrons. The van der Waals surface area contributed by atoms with Crippen LogP contribution in [0.2, 0.25) is 0 Å². The maximum absolute atomic E-state index is 12.6. The van der Waals surface area contributed by atoms with Gasteiger partial charge in [-0.1, -0.05) is 0 Å². The van der Waals surface area contributed by atoms with Crippen molar-refractivity contribution in [3.05, 3.63) is 95.8 Å². The van der Waals surface area contributed by atoms with Crippen LogP contribution in [-0.2, 0) is 0 Å². The van der Waals surface area contributed by atoms with E-state index in [0.717, 1.165) is 65.6 Å². The highest BCUT2D eigenvalue weighted by atomic mass is 16.3. The summed E-state index contributed by atoms with van der Waals surface area (Å²) < 4.78 is 0. The lowest BCUT2D eigenvalue weighted by Gasteiger charge is -2.31. The zero-order valence-electron chi connectivity index (χ0n) is 21.2. The van der Waals surface area contributed by atoms with Crippen molar-refractivity contribution < 1.29 is 9.90 Å². The summed E-state index contributed by atoms with van der Waals surface area (Å²) >= 11 is 0. The Bertz CT molecular complexity index is 1320. The van der Waals surface area contributed by atoms with E-state index in [0.29, 0.717) is 5.56 Å². The van der Waals surface area contributed by atoms with Crippen molar-refractivity contribution in [1.82, 2.24) is 4.98 Å². The van der Waals surface area contributed by atoms with Crippen LogP contribution in [0.1, 0.15) is 34.5 Å². The Balaban J connectivity index is 1.14. The normalized spacial score (nSPS) is 13.9. The van der Waals surface area contributed by atoms with E-state index in [1.807, 2.05) is 68.6 Å². The van der Waals surface area contributed by atoms with Gasteiger partial charge in [0, 0.05) is 59.1 Å². The molecule has 4 aromatic rings. The van der Waals surface area contributed by atoms with Crippen molar-refractivity contribution in [2.75, 3.05) is 33.9 Å². The van der Waals surface area contributed by atoms with Crippen LogP contribution < -0.4 is 20.9 Å². The lowest BCUT2D eigenvalue weighted by atomic mass is 10.1. The van der Waals surface area contributed by atoms with Gasteiger partial charge in [0.25, 0.3) is 5.91 Å². The van der Waals surface area contributed by atoms with Gasteiger partial charge in [0.05, 0.1) is 11.7 Å². The molecule has 1 aliphatic heterocycles. The molecule has 5 rings (SSSR count). The minimum absolute atomic E-state index is 0.110. The summed E-state index contributed by atoms with van der Waals surface area (Å²) in [6.45, 7) is 5.61. The van der Waals surface area contributed by atoms with E-state index in [-0.39, 0.29) is 12.0 Å². The number of carbonyl (C=O) groups is 1. The molecule has 1 aliphatic rings. The average molecular weight is 496 g/mol. The Morgan fingerprint density at radius 1 is 0.784 bits per heavy atom. The number of amides is 1. The van der Waals surface area contributed by atoms with E-state index in [9.17, 15) is 9.90 Å². The molecule has 0 spiro atoms. The van der Waals surface area contributed by atoms with Gasteiger partial charge >= 0.3 is 0 Å². The highest BCUT2D eigenvalue weighted by Crippen LogP contribution is 2.26. The van der Waals surface area contributed by atoms with Crippen LogP contribution >= 0.6 is 0 Å². The maximum Gasteiger partial charge on any atom is 0.257 e. The molecule has 0 bridgehead atoms. The number of aromatic nitrogens is 1. The van der Waals surface area contributed by atoms with Gasteiger partial charge in [-0.05, 0) is 105 Å². The molecule has 1 saturated heterocycles. The first-order valence-electron chi connectivity index (χ1n) is 12.7. The van der Waals surface area contributed by atoms with Crippen molar-refractivity contribution in [2.24, 2.45) is 0 Å². The first kappa shape index (κ1) is 24.5. The third-order valence-electron chi connectivity index (χ3n) is 6.80. The summed E-state index contributed by atoms with van der Waals surface area (Å²) in [5.41, 5.74) is 8.38. The molecule has 1 fully saturated rings. The molecule has 1 aromatic heterocycles. The van der Waals surface area contributed by atoms with E-state index < -0.39 is 0 Å². The van der Waals surface area contributed by atoms with Gasteiger partial charge in [-0.3, -0.25) is 4.79 Å². The second-order valence-corrected chi connectivity index (χ2v) is 9.60. The van der Waals surface area contributed by atoms with E-state index in [1.165, 1.54) is 5.69 Å². The number of benzene rings is 3. The third-order valence-corrected chi connectivity index (χ3v) is 6.80. The summed E-state index contributed by atoms with van der Waals surface area (Å²) in [5, 5.41) is 19.5. The largest absolute Gasteiger partial charge is 0.393 e. The molecule has 37 heavy (non-hydrogen) atoms. The molecular formula is C30H33N5O2. The van der Waals surface area contributed by atoms with Crippen LogP contribution in [0.4, 0.5) is 34.1 Å². The summed E-state index contributed by atoms with van der Waals surface area (Å²) in [5.74, 6) is -0.110. The number of aliphatic hydroxyl groups excluding tert-OH is 1. The number of aliphatic hydroxyl groups is 1. The van der Waals surface area contributed by atoms with Crippen LogP contribution in [0.3, 0.4) is 0 Å². The molecule has 0 aliphatic carbocycles. The molecule has 5 N–H and O–H groups in total. The van der Waals surface area contributed by atoms with Crippen molar-refractivity contribution >= 4 is 40.0 Å². The van der Waals surface area contributed by atoms with Crippen LogP contribution in [0.5, 0.6) is 0 Å². The number of aromatic amines is 1. The SMILES string of the molecule is Cc1c[nH]c(C)c1C(=O)Nc1ccc(Nc2ccc(Nc3ccc(N4CCC(O)CC4)cc3)cc2)cc1. The Morgan fingerprint density at radius 2 is 1.24 bits per heavy atom. The Morgan fingerprint density at radius 3 is 1.70 bits per heavy atom. The predicted molar refractivity (Wildman–Crippen MR) is 152 cm³/mol. The smallest absolute Gasteiger partial charge is 0.257 e. The molecular weight excluding hydrogens is 462 g/mol. The molecule has 0 radical (unpaired) electrons. The number of hydrogen-bond donors (Lipinski definition) is 5. The zero-order chi connectivity index (χ0) is 25.8. The summed E-state index contributed by atoms with van der Waals surface area (Å²) in [4.78, 5) is 18.0. The average Bonchev–Trinajstić information content (AvgIpc) is 3.25. The number of H-pyrrole nitrogens is 1. The second-order valence-electron chi connectivity index (χ2n) is 9.60. The number of hydrogen-bond acceptors (Lipinski definition) is 5. The fourth-order valence-electron chi connectivity index (χ4n) is 4.69. The molecule has 3 aromatic carbocycles. The van der Waals surface area contributed by atoms with Crippen molar-refractivity contribution in [2.45, 2.75) is 32.8 Å². The predicted octanol–water partition coefficient (Wildman–Crippen LogP) is 6.33. The van der Waals surface area contributed by atoms with Crippen LogP contribution in [-0.4, -0.2) is 35.2 Å². The third kappa shape index (κ3) is 5.95. The summed E-state index contributed by atoms with van der Waals surface area (Å²) in [6, 6.07) is 24.3. The van der Waals surface area contributed by atoms with Crippen LogP contribution in [0.15, 0.2) is 79.0 Å². The monoisotopic (exact) mass is 495 g/mol. The first-order chi connectivity index (χ1) is 17.9. The Kier molecular flexibility index (Phi) is 7.14. The van der Waals surface area contributed by atoms with Gasteiger partial charge in [-0.15, -0.1) is 0 Å². The summed E-state index contributed by atoms with van der Waals surface area (Å²) in [7, 11) is 0. The molecule has 2 heterocycles. The molecule has 0 saturated carbocycles. The van der Waals surface area contributed by atoms with Gasteiger partial charge < -0.3 is 30.9 Å². The fourth-order valence-corrected chi connectivity index (χ4v) is 4.69. The molecule has 7 heteroatoms. The second kappa shape index (κ2) is 10.8. The number of rotatable bonds is 7. The van der Waals surface area contributed by atoms with Gasteiger partial charge in [0.1, 0.15) is 0 Å². The molecule has 7 nitrogen and oxygen atoms in total. The van der Waals surface area contributed by atoms with Gasteiger partial charge in [0.2, 0.25) is 0 Å². The number of anilines is 6.